The molecule has 0 unspecified atom stereocenters. The van der Waals surface area contributed by atoms with Gasteiger partial charge in [-0.1, -0.05) is 0 Å². The molecule has 0 aliphatic carbocycles. The summed E-state index contributed by atoms with van der Waals surface area (Å²) in [7, 11) is 0. The number of nitriles is 1. The third-order valence-electron chi connectivity index (χ3n) is 2.29. The number of nitrogens with zero attached hydrogens (tertiary/aromatic N) is 3. The van der Waals surface area contributed by atoms with Gasteiger partial charge >= 0.3 is 0 Å². The van der Waals surface area contributed by atoms with Crippen molar-refractivity contribution in [3.05, 3.63) is 40.8 Å². The first-order chi connectivity index (χ1) is 8.20. The number of halogens is 2. The second-order valence-electron chi connectivity index (χ2n) is 3.50. The van der Waals surface area contributed by atoms with Crippen LogP contribution in [0.5, 0.6) is 0 Å². The van der Waals surface area contributed by atoms with Crippen molar-refractivity contribution in [3.8, 4) is 17.3 Å². The van der Waals surface area contributed by atoms with Gasteiger partial charge in [0.05, 0.1) is 23.5 Å². The average Bonchev–Trinajstić information content (AvgIpc) is 2.69. The Labute approximate surface area is 107 Å². The first-order valence-electron chi connectivity index (χ1n) is 5.06. The zero-order chi connectivity index (χ0) is 12.3. The molecule has 0 fully saturated rings. The molecule has 0 aliphatic heterocycles. The summed E-state index contributed by atoms with van der Waals surface area (Å²) in [5.74, 6) is -0.270. The zero-order valence-electron chi connectivity index (χ0n) is 8.90. The Morgan fingerprint density at radius 2 is 2.06 bits per heavy atom. The summed E-state index contributed by atoms with van der Waals surface area (Å²) in [4.78, 5) is 0. The number of hydrogen-bond acceptors (Lipinski definition) is 2. The van der Waals surface area contributed by atoms with Gasteiger partial charge in [0, 0.05) is 11.8 Å². The monoisotopic (exact) mass is 293 g/mol. The van der Waals surface area contributed by atoms with Crippen LogP contribution >= 0.6 is 15.9 Å². The summed E-state index contributed by atoms with van der Waals surface area (Å²) in [6, 6.07) is 8.22. The molecular weight excluding hydrogens is 285 g/mol. The first kappa shape index (κ1) is 11.8. The van der Waals surface area contributed by atoms with Gasteiger partial charge < -0.3 is 0 Å². The van der Waals surface area contributed by atoms with Gasteiger partial charge in [-0.15, -0.1) is 0 Å². The predicted molar refractivity (Wildman–Crippen MR) is 65.6 cm³/mol. The van der Waals surface area contributed by atoms with Gasteiger partial charge in [-0.2, -0.15) is 10.4 Å². The maximum Gasteiger partial charge on any atom is 0.123 e. The van der Waals surface area contributed by atoms with Crippen LogP contribution < -0.4 is 0 Å². The van der Waals surface area contributed by atoms with Crippen LogP contribution in [0.15, 0.2) is 34.9 Å². The molecule has 1 aromatic carbocycles. The molecular formula is C12H9BrFN3. The number of aromatic nitrogens is 2. The van der Waals surface area contributed by atoms with E-state index in [4.69, 9.17) is 5.26 Å². The molecule has 1 aromatic heterocycles. The lowest BCUT2D eigenvalue weighted by molar-refractivity contribution is 0.626. The van der Waals surface area contributed by atoms with Gasteiger partial charge in [-0.3, -0.25) is 4.68 Å². The Balaban J connectivity index is 2.30. The summed E-state index contributed by atoms with van der Waals surface area (Å²) in [6.45, 7) is 0.552. The molecule has 0 N–H and O–H groups in total. The third kappa shape index (κ3) is 2.71. The van der Waals surface area contributed by atoms with Gasteiger partial charge in [0.1, 0.15) is 11.5 Å². The quantitative estimate of drug-likeness (QED) is 0.871. The maximum atomic E-state index is 12.8. The van der Waals surface area contributed by atoms with E-state index in [1.807, 2.05) is 6.20 Å². The van der Waals surface area contributed by atoms with Crippen molar-refractivity contribution in [2.24, 2.45) is 0 Å². The van der Waals surface area contributed by atoms with E-state index in [9.17, 15) is 4.39 Å². The molecule has 5 heteroatoms. The molecule has 0 bridgehead atoms. The molecule has 0 aliphatic rings. The fraction of sp³-hybridized carbons (Fsp3) is 0.167. The third-order valence-corrected chi connectivity index (χ3v) is 2.87. The molecule has 0 spiro atoms. The van der Waals surface area contributed by atoms with Crippen molar-refractivity contribution in [2.75, 3.05) is 0 Å². The van der Waals surface area contributed by atoms with Crippen LogP contribution in [0, 0.1) is 17.1 Å². The van der Waals surface area contributed by atoms with Crippen LogP contribution in [0.2, 0.25) is 0 Å². The molecule has 0 saturated carbocycles. The fourth-order valence-corrected chi connectivity index (χ4v) is 2.02. The topological polar surface area (TPSA) is 41.6 Å². The van der Waals surface area contributed by atoms with Crippen molar-refractivity contribution in [1.29, 1.82) is 5.26 Å². The lowest BCUT2D eigenvalue weighted by atomic mass is 10.1. The van der Waals surface area contributed by atoms with E-state index >= 15 is 0 Å². The van der Waals surface area contributed by atoms with Gasteiger partial charge in [-0.25, -0.2) is 4.39 Å². The van der Waals surface area contributed by atoms with Crippen LogP contribution in [0.4, 0.5) is 4.39 Å². The van der Waals surface area contributed by atoms with Crippen molar-refractivity contribution in [2.45, 2.75) is 13.0 Å². The van der Waals surface area contributed by atoms with Crippen molar-refractivity contribution >= 4 is 15.9 Å². The highest BCUT2D eigenvalue weighted by molar-refractivity contribution is 9.10. The second-order valence-corrected chi connectivity index (χ2v) is 4.36. The van der Waals surface area contributed by atoms with E-state index in [2.05, 4.69) is 27.1 Å². The number of rotatable bonds is 3. The lowest BCUT2D eigenvalue weighted by Crippen LogP contribution is -1.97. The Hall–Kier alpha value is -1.67. The standard InChI is InChI=1S/C12H9BrFN3/c13-11-8-17(7-1-6-15)16-12(11)9-2-4-10(14)5-3-9/h2-5,8H,1,7H2. The molecule has 3 nitrogen and oxygen atoms in total. The summed E-state index contributed by atoms with van der Waals surface area (Å²) in [5.41, 5.74) is 1.59. The van der Waals surface area contributed by atoms with Gasteiger partial charge in [-0.05, 0) is 40.2 Å². The Morgan fingerprint density at radius 1 is 1.35 bits per heavy atom. The highest BCUT2D eigenvalue weighted by Crippen LogP contribution is 2.26. The van der Waals surface area contributed by atoms with E-state index < -0.39 is 0 Å². The minimum atomic E-state index is -0.270. The van der Waals surface area contributed by atoms with Crippen LogP contribution in [0.25, 0.3) is 11.3 Å². The van der Waals surface area contributed by atoms with Crippen LogP contribution in [-0.2, 0) is 6.54 Å². The second kappa shape index (κ2) is 5.11. The Morgan fingerprint density at radius 3 is 2.71 bits per heavy atom. The molecule has 2 aromatic rings. The molecule has 86 valence electrons. The summed E-state index contributed by atoms with van der Waals surface area (Å²) in [5, 5.41) is 12.9. The highest BCUT2D eigenvalue weighted by Gasteiger charge is 2.08. The van der Waals surface area contributed by atoms with Crippen LogP contribution in [-0.4, -0.2) is 9.78 Å². The van der Waals surface area contributed by atoms with E-state index in [1.54, 1.807) is 16.8 Å². The van der Waals surface area contributed by atoms with Crippen molar-refractivity contribution < 1.29 is 4.39 Å². The molecule has 0 atom stereocenters. The maximum absolute atomic E-state index is 12.8. The normalized spacial score (nSPS) is 10.2. The lowest BCUT2D eigenvalue weighted by Gasteiger charge is -1.98. The Bertz CT molecular complexity index is 554. The molecule has 1 heterocycles. The Kier molecular flexibility index (Phi) is 3.55. The van der Waals surface area contributed by atoms with Gasteiger partial charge in [0.2, 0.25) is 0 Å². The summed E-state index contributed by atoms with van der Waals surface area (Å²) >= 11 is 3.40. The minimum Gasteiger partial charge on any atom is -0.270 e. The van der Waals surface area contributed by atoms with E-state index in [-0.39, 0.29) is 5.82 Å². The molecule has 2 rings (SSSR count). The van der Waals surface area contributed by atoms with Crippen LogP contribution in [0.1, 0.15) is 6.42 Å². The zero-order valence-corrected chi connectivity index (χ0v) is 10.5. The van der Waals surface area contributed by atoms with Crippen molar-refractivity contribution in [1.82, 2.24) is 9.78 Å². The highest BCUT2D eigenvalue weighted by atomic mass is 79.9. The van der Waals surface area contributed by atoms with Crippen LogP contribution in [0.3, 0.4) is 0 Å². The molecule has 0 saturated heterocycles. The number of aryl methyl sites for hydroxylation is 1. The average molecular weight is 294 g/mol. The molecule has 0 amide bonds. The first-order valence-corrected chi connectivity index (χ1v) is 5.86. The number of hydrogen-bond donors (Lipinski definition) is 0. The SMILES string of the molecule is N#CCCn1cc(Br)c(-c2ccc(F)cc2)n1. The van der Waals surface area contributed by atoms with Gasteiger partial charge in [0.15, 0.2) is 0 Å². The number of benzene rings is 1. The predicted octanol–water partition coefficient (Wildman–Crippen LogP) is 3.37. The largest absolute Gasteiger partial charge is 0.270 e. The molecule has 17 heavy (non-hydrogen) atoms. The van der Waals surface area contributed by atoms with Crippen molar-refractivity contribution in [3.63, 3.8) is 0 Å². The van der Waals surface area contributed by atoms with E-state index in [0.717, 1.165) is 15.7 Å². The fourth-order valence-electron chi connectivity index (χ4n) is 1.48. The summed E-state index contributed by atoms with van der Waals surface area (Å²) in [6.07, 6.45) is 2.23. The van der Waals surface area contributed by atoms with E-state index in [1.165, 1.54) is 12.1 Å². The van der Waals surface area contributed by atoms with Gasteiger partial charge in [0.25, 0.3) is 0 Å². The molecule has 0 radical (unpaired) electrons. The summed E-state index contributed by atoms with van der Waals surface area (Å²) < 4.78 is 15.3. The minimum absolute atomic E-state index is 0.270. The smallest absolute Gasteiger partial charge is 0.123 e. The van der Waals surface area contributed by atoms with E-state index in [0.29, 0.717) is 13.0 Å².